The molecular formula is C18H20N2O. The van der Waals surface area contributed by atoms with Crippen molar-refractivity contribution in [2.75, 3.05) is 24.3 Å². The molecule has 3 nitrogen and oxygen atoms in total. The molecule has 1 N–H and O–H groups in total. The lowest BCUT2D eigenvalue weighted by molar-refractivity contribution is -0.114. The maximum atomic E-state index is 11.0. The number of hydrogen-bond acceptors (Lipinski definition) is 2. The van der Waals surface area contributed by atoms with E-state index in [0.29, 0.717) is 0 Å². The van der Waals surface area contributed by atoms with Gasteiger partial charge in [-0.05, 0) is 41.0 Å². The number of nitrogens with zero attached hydrogens (tertiary/aromatic N) is 1. The SMILES string of the molecule is C=C(c1ccc(NC(C)=O)cc1)c1ccc(N(C)C)cc1. The van der Waals surface area contributed by atoms with Crippen LogP contribution in [0.1, 0.15) is 18.1 Å². The third-order valence-electron chi connectivity index (χ3n) is 3.29. The van der Waals surface area contributed by atoms with Crippen molar-refractivity contribution in [2.24, 2.45) is 0 Å². The highest BCUT2D eigenvalue weighted by molar-refractivity contribution is 5.89. The van der Waals surface area contributed by atoms with Gasteiger partial charge in [-0.1, -0.05) is 30.8 Å². The van der Waals surface area contributed by atoms with E-state index < -0.39 is 0 Å². The predicted octanol–water partition coefficient (Wildman–Crippen LogP) is 3.77. The summed E-state index contributed by atoms with van der Waals surface area (Å²) in [6.07, 6.45) is 0. The van der Waals surface area contributed by atoms with E-state index in [4.69, 9.17) is 0 Å². The molecule has 0 unspecified atom stereocenters. The van der Waals surface area contributed by atoms with Crippen molar-refractivity contribution in [3.05, 3.63) is 66.2 Å². The molecule has 0 aliphatic rings. The average molecular weight is 280 g/mol. The van der Waals surface area contributed by atoms with Gasteiger partial charge in [-0.2, -0.15) is 0 Å². The monoisotopic (exact) mass is 280 g/mol. The number of hydrogen-bond donors (Lipinski definition) is 1. The lowest BCUT2D eigenvalue weighted by Crippen LogP contribution is -2.08. The summed E-state index contributed by atoms with van der Waals surface area (Å²) in [5.74, 6) is -0.0687. The minimum Gasteiger partial charge on any atom is -0.378 e. The summed E-state index contributed by atoms with van der Waals surface area (Å²) in [7, 11) is 4.04. The van der Waals surface area contributed by atoms with Gasteiger partial charge in [0.25, 0.3) is 0 Å². The molecular weight excluding hydrogens is 260 g/mol. The van der Waals surface area contributed by atoms with Gasteiger partial charge < -0.3 is 10.2 Å². The number of carbonyl (C=O) groups is 1. The van der Waals surface area contributed by atoms with Gasteiger partial charge >= 0.3 is 0 Å². The third-order valence-corrected chi connectivity index (χ3v) is 3.29. The van der Waals surface area contributed by atoms with Gasteiger partial charge in [-0.25, -0.2) is 0 Å². The van der Waals surface area contributed by atoms with Crippen LogP contribution in [0.25, 0.3) is 5.57 Å². The molecule has 21 heavy (non-hydrogen) atoms. The molecule has 0 saturated carbocycles. The van der Waals surface area contributed by atoms with E-state index in [1.165, 1.54) is 6.92 Å². The third kappa shape index (κ3) is 3.72. The molecule has 3 heteroatoms. The van der Waals surface area contributed by atoms with Crippen molar-refractivity contribution in [3.8, 4) is 0 Å². The quantitative estimate of drug-likeness (QED) is 0.924. The standard InChI is InChI=1S/C18H20N2O/c1-13(16-7-11-18(12-8-16)20(3)4)15-5-9-17(10-6-15)19-14(2)21/h5-12H,1H2,2-4H3,(H,19,21). The Morgan fingerprint density at radius 3 is 1.86 bits per heavy atom. The van der Waals surface area contributed by atoms with Crippen molar-refractivity contribution in [1.29, 1.82) is 0 Å². The smallest absolute Gasteiger partial charge is 0.221 e. The Morgan fingerprint density at radius 1 is 0.952 bits per heavy atom. The summed E-state index contributed by atoms with van der Waals surface area (Å²) in [5, 5.41) is 2.76. The first kappa shape index (κ1) is 14.9. The normalized spacial score (nSPS) is 10.0. The maximum Gasteiger partial charge on any atom is 0.221 e. The van der Waals surface area contributed by atoms with Gasteiger partial charge in [-0.3, -0.25) is 4.79 Å². The minimum absolute atomic E-state index is 0.0687. The topological polar surface area (TPSA) is 32.3 Å². The lowest BCUT2D eigenvalue weighted by atomic mass is 9.99. The molecule has 2 aromatic rings. The fourth-order valence-electron chi connectivity index (χ4n) is 2.09. The molecule has 0 spiro atoms. The fraction of sp³-hybridized carbons (Fsp3) is 0.167. The summed E-state index contributed by atoms with van der Waals surface area (Å²) in [6.45, 7) is 5.66. The Balaban J connectivity index is 2.17. The van der Waals surface area contributed by atoms with E-state index >= 15 is 0 Å². The molecule has 0 atom stereocenters. The molecule has 0 aliphatic heterocycles. The number of benzene rings is 2. The van der Waals surface area contributed by atoms with E-state index in [1.54, 1.807) is 0 Å². The average Bonchev–Trinajstić information content (AvgIpc) is 2.47. The van der Waals surface area contributed by atoms with Crippen molar-refractivity contribution in [1.82, 2.24) is 0 Å². The van der Waals surface area contributed by atoms with Crippen LogP contribution in [-0.2, 0) is 4.79 Å². The number of nitrogens with one attached hydrogen (secondary N) is 1. The van der Waals surface area contributed by atoms with Crippen molar-refractivity contribution >= 4 is 22.9 Å². The van der Waals surface area contributed by atoms with E-state index in [0.717, 1.165) is 28.1 Å². The molecule has 0 radical (unpaired) electrons. The Kier molecular flexibility index (Phi) is 4.43. The largest absolute Gasteiger partial charge is 0.378 e. The van der Waals surface area contributed by atoms with Crippen LogP contribution in [0.15, 0.2) is 55.1 Å². The summed E-state index contributed by atoms with van der Waals surface area (Å²) in [5.41, 5.74) is 5.05. The molecule has 0 bridgehead atoms. The first-order valence-corrected chi connectivity index (χ1v) is 6.82. The first-order valence-electron chi connectivity index (χ1n) is 6.82. The summed E-state index contributed by atoms with van der Waals surface area (Å²) >= 11 is 0. The van der Waals surface area contributed by atoms with Gasteiger partial charge in [0.1, 0.15) is 0 Å². The summed E-state index contributed by atoms with van der Waals surface area (Å²) < 4.78 is 0. The summed E-state index contributed by atoms with van der Waals surface area (Å²) in [4.78, 5) is 13.1. The van der Waals surface area contributed by atoms with Gasteiger partial charge in [-0.15, -0.1) is 0 Å². The molecule has 2 aromatic carbocycles. The van der Waals surface area contributed by atoms with E-state index in [1.807, 2.05) is 38.4 Å². The van der Waals surface area contributed by atoms with Gasteiger partial charge in [0.15, 0.2) is 0 Å². The zero-order chi connectivity index (χ0) is 15.4. The van der Waals surface area contributed by atoms with Crippen molar-refractivity contribution in [2.45, 2.75) is 6.92 Å². The van der Waals surface area contributed by atoms with Gasteiger partial charge in [0.05, 0.1) is 0 Å². The molecule has 0 saturated heterocycles. The van der Waals surface area contributed by atoms with Gasteiger partial charge in [0.2, 0.25) is 5.91 Å². The van der Waals surface area contributed by atoms with Crippen LogP contribution < -0.4 is 10.2 Å². The first-order chi connectivity index (χ1) is 9.97. The predicted molar refractivity (Wildman–Crippen MR) is 89.7 cm³/mol. The molecule has 108 valence electrons. The molecule has 1 amide bonds. The molecule has 0 aromatic heterocycles. The fourth-order valence-corrected chi connectivity index (χ4v) is 2.09. The second kappa shape index (κ2) is 6.27. The lowest BCUT2D eigenvalue weighted by Gasteiger charge is -2.13. The van der Waals surface area contributed by atoms with Crippen molar-refractivity contribution in [3.63, 3.8) is 0 Å². The molecule has 0 heterocycles. The Morgan fingerprint density at radius 2 is 1.43 bits per heavy atom. The molecule has 0 fully saturated rings. The van der Waals surface area contributed by atoms with Gasteiger partial charge in [0, 0.05) is 32.4 Å². The Bertz CT molecular complexity index is 640. The zero-order valence-electron chi connectivity index (χ0n) is 12.7. The van der Waals surface area contributed by atoms with Crippen LogP contribution in [0.4, 0.5) is 11.4 Å². The van der Waals surface area contributed by atoms with Crippen LogP contribution in [0, 0.1) is 0 Å². The van der Waals surface area contributed by atoms with E-state index in [9.17, 15) is 4.79 Å². The highest BCUT2D eigenvalue weighted by Crippen LogP contribution is 2.24. The number of anilines is 2. The number of carbonyl (C=O) groups excluding carboxylic acids is 1. The van der Waals surface area contributed by atoms with Crippen LogP contribution >= 0.6 is 0 Å². The van der Waals surface area contributed by atoms with E-state index in [2.05, 4.69) is 41.1 Å². The van der Waals surface area contributed by atoms with Crippen LogP contribution in [0.5, 0.6) is 0 Å². The Hall–Kier alpha value is -2.55. The van der Waals surface area contributed by atoms with Crippen LogP contribution in [0.2, 0.25) is 0 Å². The second-order valence-corrected chi connectivity index (χ2v) is 5.18. The number of amides is 1. The minimum atomic E-state index is -0.0687. The molecule has 2 rings (SSSR count). The van der Waals surface area contributed by atoms with Crippen LogP contribution in [0.3, 0.4) is 0 Å². The Labute approximate surface area is 125 Å². The maximum absolute atomic E-state index is 11.0. The zero-order valence-corrected chi connectivity index (χ0v) is 12.7. The van der Waals surface area contributed by atoms with Crippen LogP contribution in [-0.4, -0.2) is 20.0 Å². The highest BCUT2D eigenvalue weighted by atomic mass is 16.1. The van der Waals surface area contributed by atoms with E-state index in [-0.39, 0.29) is 5.91 Å². The molecule has 0 aliphatic carbocycles. The van der Waals surface area contributed by atoms with Crippen molar-refractivity contribution < 1.29 is 4.79 Å². The highest BCUT2D eigenvalue weighted by Gasteiger charge is 2.04. The number of rotatable bonds is 4. The second-order valence-electron chi connectivity index (χ2n) is 5.18. The summed E-state index contributed by atoms with van der Waals surface area (Å²) in [6, 6.07) is 16.0.